The molecule has 0 aliphatic carbocycles. The molecule has 0 saturated carbocycles. The number of carbonyl (C=O) groups excluding carboxylic acids is 1. The Labute approximate surface area is 198 Å². The predicted molar refractivity (Wildman–Crippen MR) is 134 cm³/mol. The summed E-state index contributed by atoms with van der Waals surface area (Å²) < 4.78 is 1.67. The summed E-state index contributed by atoms with van der Waals surface area (Å²) in [6.45, 7) is 4.66. The molecule has 0 fully saturated rings. The molecule has 6 nitrogen and oxygen atoms in total. The molecule has 2 aromatic carbocycles. The van der Waals surface area contributed by atoms with Crippen LogP contribution in [0.5, 0.6) is 0 Å². The molecule has 2 aromatic heterocycles. The van der Waals surface area contributed by atoms with Crippen LogP contribution in [0.25, 0.3) is 5.70 Å². The Morgan fingerprint density at radius 3 is 2.29 bits per heavy atom. The van der Waals surface area contributed by atoms with Crippen LogP contribution in [0, 0.1) is 0 Å². The zero-order valence-electron chi connectivity index (χ0n) is 18.8. The highest BCUT2D eigenvalue weighted by Gasteiger charge is 2.08. The van der Waals surface area contributed by atoms with Gasteiger partial charge in [-0.25, -0.2) is 0 Å². The quantitative estimate of drug-likeness (QED) is 0.428. The Balaban J connectivity index is 1.36. The molecule has 0 atom stereocenters. The molecule has 0 spiro atoms. The molecule has 34 heavy (non-hydrogen) atoms. The highest BCUT2D eigenvalue weighted by Crippen LogP contribution is 2.13. The smallest absolute Gasteiger partial charge is 0.253 e. The van der Waals surface area contributed by atoms with Crippen molar-refractivity contribution < 1.29 is 4.79 Å². The lowest BCUT2D eigenvalue weighted by Gasteiger charge is -2.09. The number of aromatic nitrogens is 2. The molecular weight excluding hydrogens is 424 g/mol. The summed E-state index contributed by atoms with van der Waals surface area (Å²) in [7, 11) is 0. The summed E-state index contributed by atoms with van der Waals surface area (Å²) in [5, 5.41) is 2.93. The summed E-state index contributed by atoms with van der Waals surface area (Å²) in [4.78, 5) is 28.8. The lowest BCUT2D eigenvalue weighted by Crippen LogP contribution is -2.23. The number of hydrogen-bond donors (Lipinski definition) is 2. The normalized spacial score (nSPS) is 10.6. The number of rotatable bonds is 8. The van der Waals surface area contributed by atoms with Gasteiger partial charge in [0.25, 0.3) is 11.5 Å². The molecule has 0 aliphatic heterocycles. The summed E-state index contributed by atoms with van der Waals surface area (Å²) in [6, 6.07) is 22.7. The second kappa shape index (κ2) is 10.4. The van der Waals surface area contributed by atoms with E-state index >= 15 is 0 Å². The average Bonchev–Trinajstić information content (AvgIpc) is 2.85. The third kappa shape index (κ3) is 5.86. The fraction of sp³-hybridized carbons (Fsp3) is 0.107. The van der Waals surface area contributed by atoms with E-state index in [9.17, 15) is 9.59 Å². The number of amides is 1. The van der Waals surface area contributed by atoms with Crippen LogP contribution >= 0.6 is 0 Å². The number of nitrogens with one attached hydrogen (secondary N) is 1. The first-order valence-corrected chi connectivity index (χ1v) is 11.0. The first kappa shape index (κ1) is 22.7. The van der Waals surface area contributed by atoms with Gasteiger partial charge in [0.2, 0.25) is 0 Å². The monoisotopic (exact) mass is 450 g/mol. The van der Waals surface area contributed by atoms with Crippen molar-refractivity contribution >= 4 is 11.6 Å². The zero-order valence-corrected chi connectivity index (χ0v) is 18.8. The van der Waals surface area contributed by atoms with Crippen LogP contribution in [0.3, 0.4) is 0 Å². The third-order valence-electron chi connectivity index (χ3n) is 5.52. The molecular formula is C28H26N4O2. The molecule has 4 rings (SSSR count). The minimum atomic E-state index is -0.176. The maximum absolute atomic E-state index is 12.6. The molecule has 0 bridgehead atoms. The van der Waals surface area contributed by atoms with Crippen molar-refractivity contribution in [2.45, 2.75) is 19.5 Å². The number of benzene rings is 2. The Bertz CT molecular complexity index is 1360. The maximum atomic E-state index is 12.6. The summed E-state index contributed by atoms with van der Waals surface area (Å²) in [5.41, 5.74) is 11.6. The van der Waals surface area contributed by atoms with Crippen LogP contribution in [0.2, 0.25) is 0 Å². The van der Waals surface area contributed by atoms with Crippen molar-refractivity contribution in [1.82, 2.24) is 14.9 Å². The van der Waals surface area contributed by atoms with Crippen molar-refractivity contribution in [2.75, 3.05) is 0 Å². The van der Waals surface area contributed by atoms with Gasteiger partial charge in [-0.2, -0.15) is 0 Å². The Kier molecular flexibility index (Phi) is 6.98. The standard InChI is InChI=1S/C28H26N4O2/c1-20(29)25-11-9-22(10-12-25)17-31-28(34)26-15-24(16-30-18-26)14-21-5-7-23(8-6-21)19-32-13-3-2-4-27(32)33/h2-13,15-16,18H,1,14,17,19,29H2,(H,31,34). The lowest BCUT2D eigenvalue weighted by atomic mass is 10.0. The highest BCUT2D eigenvalue weighted by molar-refractivity contribution is 5.94. The van der Waals surface area contributed by atoms with E-state index in [4.69, 9.17) is 5.73 Å². The SMILES string of the molecule is C=C(N)c1ccc(CNC(=O)c2cncc(Cc3ccc(Cn4ccccc4=O)cc3)c2)cc1. The van der Waals surface area contributed by atoms with Gasteiger partial charge in [-0.1, -0.05) is 61.2 Å². The molecule has 0 saturated heterocycles. The van der Waals surface area contributed by atoms with Crippen molar-refractivity contribution in [3.8, 4) is 0 Å². The second-order valence-corrected chi connectivity index (χ2v) is 8.15. The minimum absolute atomic E-state index is 0.0220. The van der Waals surface area contributed by atoms with Crippen LogP contribution in [0.15, 0.2) is 103 Å². The Morgan fingerprint density at radius 2 is 1.59 bits per heavy atom. The van der Waals surface area contributed by atoms with Gasteiger partial charge >= 0.3 is 0 Å². The molecule has 0 unspecified atom stereocenters. The van der Waals surface area contributed by atoms with Gasteiger partial charge in [0.1, 0.15) is 0 Å². The van der Waals surface area contributed by atoms with Gasteiger partial charge in [-0.3, -0.25) is 14.6 Å². The number of hydrogen-bond acceptors (Lipinski definition) is 4. The molecule has 4 aromatic rings. The first-order chi connectivity index (χ1) is 16.5. The number of pyridine rings is 2. The molecule has 6 heteroatoms. The van der Waals surface area contributed by atoms with Crippen LogP contribution < -0.4 is 16.6 Å². The van der Waals surface area contributed by atoms with Gasteiger partial charge in [-0.15, -0.1) is 0 Å². The fourth-order valence-corrected chi connectivity index (χ4v) is 3.62. The van der Waals surface area contributed by atoms with E-state index in [-0.39, 0.29) is 11.5 Å². The highest BCUT2D eigenvalue weighted by atomic mass is 16.1. The Hall–Kier alpha value is -4.45. The zero-order chi connectivity index (χ0) is 23.9. The van der Waals surface area contributed by atoms with Crippen LogP contribution in [0.1, 0.15) is 38.2 Å². The number of nitrogens with two attached hydrogens (primary N) is 1. The van der Waals surface area contributed by atoms with E-state index < -0.39 is 0 Å². The summed E-state index contributed by atoms with van der Waals surface area (Å²) in [6.07, 6.45) is 5.78. The maximum Gasteiger partial charge on any atom is 0.253 e. The topological polar surface area (TPSA) is 90.0 Å². The van der Waals surface area contributed by atoms with E-state index in [1.165, 1.54) is 0 Å². The van der Waals surface area contributed by atoms with Gasteiger partial charge < -0.3 is 15.6 Å². The molecule has 0 aliphatic rings. The van der Waals surface area contributed by atoms with E-state index in [1.54, 1.807) is 35.3 Å². The summed E-state index contributed by atoms with van der Waals surface area (Å²) in [5.74, 6) is -0.176. The van der Waals surface area contributed by atoms with Gasteiger partial charge in [0, 0.05) is 36.9 Å². The molecule has 1 amide bonds. The van der Waals surface area contributed by atoms with E-state index in [1.807, 2.05) is 60.7 Å². The van der Waals surface area contributed by atoms with Crippen molar-refractivity contribution in [3.05, 3.63) is 142 Å². The minimum Gasteiger partial charge on any atom is -0.399 e. The van der Waals surface area contributed by atoms with E-state index in [0.29, 0.717) is 30.8 Å². The van der Waals surface area contributed by atoms with Crippen LogP contribution in [-0.2, 0) is 19.5 Å². The van der Waals surface area contributed by atoms with Crippen LogP contribution in [-0.4, -0.2) is 15.5 Å². The first-order valence-electron chi connectivity index (χ1n) is 11.0. The molecule has 3 N–H and O–H groups in total. The number of carbonyl (C=O) groups is 1. The van der Waals surface area contributed by atoms with E-state index in [0.717, 1.165) is 27.8 Å². The molecule has 0 radical (unpaired) electrons. The predicted octanol–water partition coefficient (Wildman–Crippen LogP) is 3.74. The third-order valence-corrected chi connectivity index (χ3v) is 5.52. The molecule has 170 valence electrons. The molecule has 2 heterocycles. The van der Waals surface area contributed by atoms with Gasteiger partial charge in [0.05, 0.1) is 12.1 Å². The lowest BCUT2D eigenvalue weighted by molar-refractivity contribution is 0.0950. The average molecular weight is 451 g/mol. The van der Waals surface area contributed by atoms with Crippen molar-refractivity contribution in [2.24, 2.45) is 5.73 Å². The van der Waals surface area contributed by atoms with Crippen molar-refractivity contribution in [1.29, 1.82) is 0 Å². The Morgan fingerprint density at radius 1 is 0.882 bits per heavy atom. The van der Waals surface area contributed by atoms with Gasteiger partial charge in [0.15, 0.2) is 0 Å². The van der Waals surface area contributed by atoms with Gasteiger partial charge in [-0.05, 0) is 46.4 Å². The second-order valence-electron chi connectivity index (χ2n) is 8.15. The summed E-state index contributed by atoms with van der Waals surface area (Å²) >= 11 is 0. The largest absolute Gasteiger partial charge is 0.399 e. The van der Waals surface area contributed by atoms with Crippen molar-refractivity contribution in [3.63, 3.8) is 0 Å². The van der Waals surface area contributed by atoms with Crippen LogP contribution in [0.4, 0.5) is 0 Å². The number of nitrogens with zero attached hydrogens (tertiary/aromatic N) is 2. The fourth-order valence-electron chi connectivity index (χ4n) is 3.62. The van der Waals surface area contributed by atoms with E-state index in [2.05, 4.69) is 16.9 Å².